The fourth-order valence-corrected chi connectivity index (χ4v) is 3.15. The van der Waals surface area contributed by atoms with Gasteiger partial charge in [-0.2, -0.15) is 0 Å². The summed E-state index contributed by atoms with van der Waals surface area (Å²) < 4.78 is 1.13. The van der Waals surface area contributed by atoms with Gasteiger partial charge in [-0.25, -0.2) is 0 Å². The van der Waals surface area contributed by atoms with Gasteiger partial charge in [-0.15, -0.1) is 0 Å². The Morgan fingerprint density at radius 1 is 1.22 bits per heavy atom. The Morgan fingerprint density at radius 3 is 2.50 bits per heavy atom. The van der Waals surface area contributed by atoms with Crippen molar-refractivity contribution in [2.24, 2.45) is 11.8 Å². The second kappa shape index (κ2) is 7.27. The number of nitrogens with one attached hydrogen (secondary N) is 1. The molecule has 0 saturated heterocycles. The fourth-order valence-electron chi connectivity index (χ4n) is 2.89. The molecule has 1 unspecified atom stereocenters. The van der Waals surface area contributed by atoms with Gasteiger partial charge >= 0.3 is 0 Å². The first-order valence-electron chi connectivity index (χ1n) is 6.98. The van der Waals surface area contributed by atoms with E-state index in [0.717, 1.165) is 16.8 Å². The van der Waals surface area contributed by atoms with E-state index in [2.05, 4.69) is 45.6 Å². The average molecular weight is 311 g/mol. The molecule has 1 aromatic carbocycles. The predicted molar refractivity (Wildman–Crippen MR) is 80.1 cm³/mol. The minimum atomic E-state index is 0.409. The second-order valence-corrected chi connectivity index (χ2v) is 6.34. The first-order valence-corrected chi connectivity index (χ1v) is 7.78. The van der Waals surface area contributed by atoms with Gasteiger partial charge in [0.15, 0.2) is 0 Å². The summed E-state index contributed by atoms with van der Waals surface area (Å²) in [5.74, 6) is 6.63. The van der Waals surface area contributed by atoms with E-state index < -0.39 is 0 Å². The van der Waals surface area contributed by atoms with E-state index in [-0.39, 0.29) is 0 Å². The van der Waals surface area contributed by atoms with Gasteiger partial charge in [-0.1, -0.05) is 53.7 Å². The summed E-state index contributed by atoms with van der Waals surface area (Å²) in [5, 5.41) is 0. The maximum Gasteiger partial charge on any atom is 0.0251 e. The molecule has 1 aliphatic rings. The first-order chi connectivity index (χ1) is 8.78. The minimum absolute atomic E-state index is 0.409. The number of halogens is 1. The van der Waals surface area contributed by atoms with Crippen molar-refractivity contribution in [1.82, 2.24) is 5.43 Å². The van der Waals surface area contributed by atoms with Crippen molar-refractivity contribution in [1.29, 1.82) is 0 Å². The molecule has 0 bridgehead atoms. The van der Waals surface area contributed by atoms with Gasteiger partial charge in [0.05, 0.1) is 0 Å². The third-order valence-electron chi connectivity index (χ3n) is 4.03. The van der Waals surface area contributed by atoms with Crippen LogP contribution in [0.2, 0.25) is 0 Å². The third kappa shape index (κ3) is 4.38. The molecule has 1 fully saturated rings. The summed E-state index contributed by atoms with van der Waals surface area (Å²) in [6.07, 6.45) is 9.25. The number of hydrogen-bond donors (Lipinski definition) is 2. The first kappa shape index (κ1) is 14.0. The van der Waals surface area contributed by atoms with E-state index in [1.807, 2.05) is 0 Å². The van der Waals surface area contributed by atoms with Crippen molar-refractivity contribution in [3.05, 3.63) is 34.3 Å². The van der Waals surface area contributed by atoms with Gasteiger partial charge in [0.25, 0.3) is 0 Å². The van der Waals surface area contributed by atoms with Crippen LogP contribution >= 0.6 is 15.9 Å². The van der Waals surface area contributed by atoms with Crippen molar-refractivity contribution in [2.45, 2.75) is 51.0 Å². The molecule has 0 aromatic heterocycles. The number of nitrogens with two attached hydrogens (primary N) is 1. The molecule has 0 aliphatic heterocycles. The summed E-state index contributed by atoms with van der Waals surface area (Å²) in [4.78, 5) is 0. The molecule has 2 nitrogen and oxygen atoms in total. The smallest absolute Gasteiger partial charge is 0.0251 e. The van der Waals surface area contributed by atoms with Crippen molar-refractivity contribution < 1.29 is 0 Å². The number of hydrogen-bond acceptors (Lipinski definition) is 2. The number of benzene rings is 1. The van der Waals surface area contributed by atoms with Crippen LogP contribution in [0.4, 0.5) is 0 Å². The van der Waals surface area contributed by atoms with Gasteiger partial charge in [0, 0.05) is 10.5 Å². The topological polar surface area (TPSA) is 38.0 Å². The fraction of sp³-hybridized carbons (Fsp3) is 0.600. The zero-order valence-corrected chi connectivity index (χ0v) is 12.5. The van der Waals surface area contributed by atoms with E-state index in [1.165, 1.54) is 44.1 Å². The maximum atomic E-state index is 5.68. The zero-order valence-electron chi connectivity index (χ0n) is 10.9. The summed E-state index contributed by atoms with van der Waals surface area (Å²) in [6, 6.07) is 8.94. The van der Waals surface area contributed by atoms with Crippen LogP contribution in [0.1, 0.15) is 44.1 Å². The Kier molecular flexibility index (Phi) is 5.67. The Morgan fingerprint density at radius 2 is 1.89 bits per heavy atom. The van der Waals surface area contributed by atoms with Gasteiger partial charge in [0.2, 0.25) is 0 Å². The van der Waals surface area contributed by atoms with Crippen molar-refractivity contribution in [3.8, 4) is 0 Å². The minimum Gasteiger partial charge on any atom is -0.271 e. The van der Waals surface area contributed by atoms with E-state index >= 15 is 0 Å². The van der Waals surface area contributed by atoms with Crippen LogP contribution < -0.4 is 11.3 Å². The van der Waals surface area contributed by atoms with E-state index in [4.69, 9.17) is 5.84 Å². The van der Waals surface area contributed by atoms with Crippen LogP contribution in [0.3, 0.4) is 0 Å². The average Bonchev–Trinajstić information content (AvgIpc) is 2.90. The van der Waals surface area contributed by atoms with Crippen LogP contribution in [0.5, 0.6) is 0 Å². The van der Waals surface area contributed by atoms with Crippen LogP contribution in [0, 0.1) is 5.92 Å². The number of hydrazine groups is 1. The Labute approximate surface area is 118 Å². The lowest BCUT2D eigenvalue weighted by Gasteiger charge is -2.18. The van der Waals surface area contributed by atoms with E-state index in [0.29, 0.717) is 6.04 Å². The highest BCUT2D eigenvalue weighted by molar-refractivity contribution is 9.10. The van der Waals surface area contributed by atoms with Crippen LogP contribution in [0.15, 0.2) is 28.7 Å². The molecule has 0 heterocycles. The van der Waals surface area contributed by atoms with Crippen LogP contribution in [0.25, 0.3) is 0 Å². The Bertz CT molecular complexity index is 344. The zero-order chi connectivity index (χ0) is 12.8. The maximum absolute atomic E-state index is 5.68. The highest BCUT2D eigenvalue weighted by atomic mass is 79.9. The van der Waals surface area contributed by atoms with Gasteiger partial charge < -0.3 is 0 Å². The molecule has 18 heavy (non-hydrogen) atoms. The van der Waals surface area contributed by atoms with E-state index in [9.17, 15) is 0 Å². The summed E-state index contributed by atoms with van der Waals surface area (Å²) >= 11 is 3.46. The summed E-state index contributed by atoms with van der Waals surface area (Å²) in [6.45, 7) is 0. The normalized spacial score (nSPS) is 18.1. The Hall–Kier alpha value is -0.380. The molecule has 0 spiro atoms. The highest BCUT2D eigenvalue weighted by Gasteiger charge is 2.17. The molecule has 100 valence electrons. The standard InChI is InChI=1S/C15H23BrN2/c16-14-8-5-13(6-9-14)11-15(18-17)10-7-12-3-1-2-4-12/h5-6,8-9,12,15,18H,1-4,7,10-11,17H2. The molecule has 1 saturated carbocycles. The van der Waals surface area contributed by atoms with E-state index in [1.54, 1.807) is 0 Å². The molecular weight excluding hydrogens is 288 g/mol. The molecule has 0 radical (unpaired) electrons. The molecule has 1 aliphatic carbocycles. The molecule has 3 heteroatoms. The lowest BCUT2D eigenvalue weighted by Crippen LogP contribution is -2.37. The monoisotopic (exact) mass is 310 g/mol. The van der Waals surface area contributed by atoms with Gasteiger partial charge in [0.1, 0.15) is 0 Å². The summed E-state index contributed by atoms with van der Waals surface area (Å²) in [7, 11) is 0. The predicted octanol–water partition coefficient (Wildman–Crippen LogP) is 3.79. The SMILES string of the molecule is NNC(CCC1CCCC1)Cc1ccc(Br)cc1. The van der Waals surface area contributed by atoms with Crippen molar-refractivity contribution >= 4 is 15.9 Å². The quantitative estimate of drug-likeness (QED) is 0.619. The molecule has 1 aromatic rings. The lowest BCUT2D eigenvalue weighted by atomic mass is 9.95. The molecular formula is C15H23BrN2. The number of rotatable bonds is 6. The molecule has 3 N–H and O–H groups in total. The molecule has 2 rings (SSSR count). The van der Waals surface area contributed by atoms with Crippen LogP contribution in [-0.2, 0) is 6.42 Å². The summed E-state index contributed by atoms with van der Waals surface area (Å²) in [5.41, 5.74) is 4.33. The van der Waals surface area contributed by atoms with Crippen LogP contribution in [-0.4, -0.2) is 6.04 Å². The van der Waals surface area contributed by atoms with Gasteiger partial charge in [-0.3, -0.25) is 11.3 Å². The second-order valence-electron chi connectivity index (χ2n) is 5.42. The third-order valence-corrected chi connectivity index (χ3v) is 4.56. The van der Waals surface area contributed by atoms with Crippen molar-refractivity contribution in [3.63, 3.8) is 0 Å². The molecule has 1 atom stereocenters. The molecule has 0 amide bonds. The largest absolute Gasteiger partial charge is 0.271 e. The Balaban J connectivity index is 1.79. The highest BCUT2D eigenvalue weighted by Crippen LogP contribution is 2.29. The van der Waals surface area contributed by atoms with Gasteiger partial charge in [-0.05, 0) is 42.9 Å². The lowest BCUT2D eigenvalue weighted by molar-refractivity contribution is 0.407. The van der Waals surface area contributed by atoms with Crippen molar-refractivity contribution in [2.75, 3.05) is 0 Å².